The second kappa shape index (κ2) is 8.62. The van der Waals surface area contributed by atoms with Crippen molar-refractivity contribution in [1.29, 1.82) is 0 Å². The Labute approximate surface area is 193 Å². The first-order chi connectivity index (χ1) is 16.0. The number of aromatic nitrogens is 2. The Morgan fingerprint density at radius 2 is 1.88 bits per heavy atom. The fourth-order valence-electron chi connectivity index (χ4n) is 4.32. The third kappa shape index (κ3) is 4.55. The number of amides is 2. The number of rotatable bonds is 7. The SMILES string of the molecule is COc1ccc(C[C@@H](NC(=O)NC2(c3cccc(C)c3)CC2)c2nc3ccccc3[nH]2)cc1. The molecule has 1 atom stereocenters. The van der Waals surface area contributed by atoms with Crippen LogP contribution in [0.3, 0.4) is 0 Å². The molecular weight excluding hydrogens is 412 g/mol. The van der Waals surface area contributed by atoms with E-state index in [1.807, 2.05) is 54.6 Å². The van der Waals surface area contributed by atoms with Crippen LogP contribution < -0.4 is 15.4 Å². The number of aromatic amines is 1. The van der Waals surface area contributed by atoms with Gasteiger partial charge in [0.2, 0.25) is 0 Å². The van der Waals surface area contributed by atoms with Crippen molar-refractivity contribution in [3.05, 3.63) is 95.3 Å². The van der Waals surface area contributed by atoms with Crippen molar-refractivity contribution in [2.45, 2.75) is 37.8 Å². The predicted octanol–water partition coefficient (Wildman–Crippen LogP) is 5.15. The van der Waals surface area contributed by atoms with Gasteiger partial charge in [0.25, 0.3) is 0 Å². The van der Waals surface area contributed by atoms with Gasteiger partial charge in [-0.3, -0.25) is 0 Å². The molecule has 5 rings (SSSR count). The lowest BCUT2D eigenvalue weighted by molar-refractivity contribution is 0.231. The van der Waals surface area contributed by atoms with Crippen molar-refractivity contribution in [3.63, 3.8) is 0 Å². The summed E-state index contributed by atoms with van der Waals surface area (Å²) in [6, 6.07) is 23.7. The van der Waals surface area contributed by atoms with Crippen LogP contribution in [-0.4, -0.2) is 23.1 Å². The van der Waals surface area contributed by atoms with Crippen LogP contribution in [0, 0.1) is 6.92 Å². The number of H-pyrrole nitrogens is 1. The number of nitrogens with one attached hydrogen (secondary N) is 3. The fourth-order valence-corrected chi connectivity index (χ4v) is 4.32. The van der Waals surface area contributed by atoms with Gasteiger partial charge in [-0.25, -0.2) is 9.78 Å². The number of carbonyl (C=O) groups excluding carboxylic acids is 1. The van der Waals surface area contributed by atoms with E-state index in [0.717, 1.165) is 46.6 Å². The minimum atomic E-state index is -0.306. The molecule has 1 aliphatic rings. The summed E-state index contributed by atoms with van der Waals surface area (Å²) in [7, 11) is 1.65. The van der Waals surface area contributed by atoms with Crippen molar-refractivity contribution < 1.29 is 9.53 Å². The quantitative estimate of drug-likeness (QED) is 0.372. The second-order valence-electron chi connectivity index (χ2n) is 8.79. The Bertz CT molecular complexity index is 1240. The van der Waals surface area contributed by atoms with E-state index in [9.17, 15) is 4.79 Å². The van der Waals surface area contributed by atoms with Gasteiger partial charge in [0, 0.05) is 0 Å². The van der Waals surface area contributed by atoms with E-state index in [2.05, 4.69) is 40.7 Å². The normalized spacial score (nSPS) is 15.1. The van der Waals surface area contributed by atoms with Crippen LogP contribution in [0.5, 0.6) is 5.75 Å². The standard InChI is InChI=1S/C27H28N4O2/c1-18-6-5-7-20(16-18)27(14-15-27)31-26(32)30-24(17-19-10-12-21(33-2)13-11-19)25-28-22-8-3-4-9-23(22)29-25/h3-13,16,24H,14-15,17H2,1-2H3,(H,28,29)(H2,30,31,32)/t24-/m1/s1. The molecule has 2 amide bonds. The minimum Gasteiger partial charge on any atom is -0.497 e. The second-order valence-corrected chi connectivity index (χ2v) is 8.79. The highest BCUT2D eigenvalue weighted by atomic mass is 16.5. The molecule has 0 spiro atoms. The van der Waals surface area contributed by atoms with Gasteiger partial charge < -0.3 is 20.4 Å². The summed E-state index contributed by atoms with van der Waals surface area (Å²) in [6.07, 6.45) is 2.49. The molecule has 6 heteroatoms. The maximum absolute atomic E-state index is 13.2. The summed E-state index contributed by atoms with van der Waals surface area (Å²) < 4.78 is 5.28. The van der Waals surface area contributed by atoms with E-state index in [1.54, 1.807) is 7.11 Å². The predicted molar refractivity (Wildman–Crippen MR) is 129 cm³/mol. The van der Waals surface area contributed by atoms with Crippen molar-refractivity contribution >= 4 is 17.1 Å². The van der Waals surface area contributed by atoms with Crippen LogP contribution in [0.15, 0.2) is 72.8 Å². The molecule has 1 aliphatic carbocycles. The molecule has 3 aromatic carbocycles. The number of fused-ring (bicyclic) bond motifs is 1. The number of carbonyl (C=O) groups is 1. The van der Waals surface area contributed by atoms with Gasteiger partial charge in [-0.1, -0.05) is 54.1 Å². The number of urea groups is 1. The molecule has 1 aromatic heterocycles. The number of imidazole rings is 1. The Hall–Kier alpha value is -3.80. The number of benzene rings is 3. The Kier molecular flexibility index (Phi) is 5.50. The molecule has 33 heavy (non-hydrogen) atoms. The van der Waals surface area contributed by atoms with Crippen LogP contribution >= 0.6 is 0 Å². The minimum absolute atomic E-state index is 0.187. The summed E-state index contributed by atoms with van der Waals surface area (Å²) in [4.78, 5) is 21.3. The van der Waals surface area contributed by atoms with Crippen LogP contribution in [0.2, 0.25) is 0 Å². The molecule has 3 N–H and O–H groups in total. The number of aryl methyl sites for hydroxylation is 1. The first kappa shape index (κ1) is 21.1. The topological polar surface area (TPSA) is 79.0 Å². The van der Waals surface area contributed by atoms with Crippen molar-refractivity contribution in [3.8, 4) is 5.75 Å². The van der Waals surface area contributed by atoms with Gasteiger partial charge in [0.05, 0.1) is 29.7 Å². The summed E-state index contributed by atoms with van der Waals surface area (Å²) in [5.74, 6) is 1.54. The Morgan fingerprint density at radius 1 is 1.09 bits per heavy atom. The van der Waals surface area contributed by atoms with Gasteiger partial charge in [-0.05, 0) is 61.6 Å². The van der Waals surface area contributed by atoms with Crippen molar-refractivity contribution in [2.24, 2.45) is 0 Å². The summed E-state index contributed by atoms with van der Waals surface area (Å²) in [5.41, 5.74) is 4.99. The fraction of sp³-hybridized carbons (Fsp3) is 0.259. The Morgan fingerprint density at radius 3 is 2.58 bits per heavy atom. The maximum Gasteiger partial charge on any atom is 0.316 e. The lowest BCUT2D eigenvalue weighted by Gasteiger charge is -2.22. The van der Waals surface area contributed by atoms with Crippen LogP contribution in [0.4, 0.5) is 4.79 Å². The summed E-state index contributed by atoms with van der Waals surface area (Å²) in [6.45, 7) is 2.08. The highest BCUT2D eigenvalue weighted by Gasteiger charge is 2.46. The van der Waals surface area contributed by atoms with E-state index in [-0.39, 0.29) is 17.6 Å². The molecule has 1 saturated carbocycles. The number of nitrogens with zero attached hydrogens (tertiary/aromatic N) is 1. The molecule has 4 aromatic rings. The van der Waals surface area contributed by atoms with E-state index in [0.29, 0.717) is 6.42 Å². The maximum atomic E-state index is 13.2. The van der Waals surface area contributed by atoms with Crippen molar-refractivity contribution in [2.75, 3.05) is 7.11 Å². The zero-order valence-electron chi connectivity index (χ0n) is 18.9. The monoisotopic (exact) mass is 440 g/mol. The highest BCUT2D eigenvalue weighted by molar-refractivity contribution is 5.77. The molecule has 6 nitrogen and oxygen atoms in total. The number of para-hydroxylation sites is 2. The first-order valence-corrected chi connectivity index (χ1v) is 11.3. The first-order valence-electron chi connectivity index (χ1n) is 11.3. The highest BCUT2D eigenvalue weighted by Crippen LogP contribution is 2.45. The van der Waals surface area contributed by atoms with Gasteiger partial charge in [-0.15, -0.1) is 0 Å². The summed E-state index contributed by atoms with van der Waals surface area (Å²) >= 11 is 0. The molecule has 0 bridgehead atoms. The van der Waals surface area contributed by atoms with Crippen LogP contribution in [0.25, 0.3) is 11.0 Å². The van der Waals surface area contributed by atoms with E-state index in [1.165, 1.54) is 5.56 Å². The van der Waals surface area contributed by atoms with Crippen molar-refractivity contribution in [1.82, 2.24) is 20.6 Å². The van der Waals surface area contributed by atoms with Crippen LogP contribution in [-0.2, 0) is 12.0 Å². The van der Waals surface area contributed by atoms with Gasteiger partial charge in [0.15, 0.2) is 0 Å². The lowest BCUT2D eigenvalue weighted by atomic mass is 10.0. The molecule has 0 aliphatic heterocycles. The number of ether oxygens (including phenoxy) is 1. The number of hydrogen-bond donors (Lipinski definition) is 3. The van der Waals surface area contributed by atoms with Gasteiger partial charge in [0.1, 0.15) is 11.6 Å². The molecule has 1 heterocycles. The van der Waals surface area contributed by atoms with E-state index in [4.69, 9.17) is 9.72 Å². The molecule has 0 saturated heterocycles. The van der Waals surface area contributed by atoms with Gasteiger partial charge in [-0.2, -0.15) is 0 Å². The van der Waals surface area contributed by atoms with Crippen LogP contribution in [0.1, 0.15) is 41.4 Å². The number of methoxy groups -OCH3 is 1. The van der Waals surface area contributed by atoms with Gasteiger partial charge >= 0.3 is 6.03 Å². The number of hydrogen-bond acceptors (Lipinski definition) is 3. The lowest BCUT2D eigenvalue weighted by Crippen LogP contribution is -2.44. The molecule has 1 fully saturated rings. The third-order valence-electron chi connectivity index (χ3n) is 6.32. The molecule has 0 unspecified atom stereocenters. The third-order valence-corrected chi connectivity index (χ3v) is 6.32. The molecule has 168 valence electrons. The molecular formula is C27H28N4O2. The average Bonchev–Trinajstić information content (AvgIpc) is 3.47. The largest absolute Gasteiger partial charge is 0.497 e. The smallest absolute Gasteiger partial charge is 0.316 e. The van der Waals surface area contributed by atoms with E-state index < -0.39 is 0 Å². The van der Waals surface area contributed by atoms with E-state index >= 15 is 0 Å². The molecule has 0 radical (unpaired) electrons. The Balaban J connectivity index is 1.38. The summed E-state index contributed by atoms with van der Waals surface area (Å²) in [5, 5.41) is 6.41. The average molecular weight is 441 g/mol. The zero-order valence-corrected chi connectivity index (χ0v) is 18.9. The zero-order chi connectivity index (χ0) is 22.8.